The number of rotatable bonds is 5. The van der Waals surface area contributed by atoms with E-state index < -0.39 is 0 Å². The van der Waals surface area contributed by atoms with E-state index in [1.165, 1.54) is 25.7 Å². The predicted octanol–water partition coefficient (Wildman–Crippen LogP) is 1.32. The normalized spacial score (nSPS) is 24.9. The number of hydrogen-bond acceptors (Lipinski definition) is 3. The quantitative estimate of drug-likeness (QED) is 0.816. The Kier molecular flexibility index (Phi) is 5.64. The SMILES string of the molecule is CN(C)CCN(C(=O)[C@H]1CCCNC1)C1CCCC1. The van der Waals surface area contributed by atoms with Crippen LogP contribution in [0.5, 0.6) is 0 Å². The van der Waals surface area contributed by atoms with Gasteiger partial charge in [-0.2, -0.15) is 0 Å². The monoisotopic (exact) mass is 267 g/mol. The van der Waals surface area contributed by atoms with Gasteiger partial charge in [-0.1, -0.05) is 12.8 Å². The van der Waals surface area contributed by atoms with E-state index in [0.29, 0.717) is 11.9 Å². The molecule has 1 aliphatic heterocycles. The fourth-order valence-electron chi connectivity index (χ4n) is 3.29. The van der Waals surface area contributed by atoms with Crippen LogP contribution < -0.4 is 5.32 Å². The van der Waals surface area contributed by atoms with Crippen molar-refractivity contribution in [3.8, 4) is 0 Å². The predicted molar refractivity (Wildman–Crippen MR) is 78.1 cm³/mol. The second kappa shape index (κ2) is 7.25. The van der Waals surface area contributed by atoms with E-state index >= 15 is 0 Å². The van der Waals surface area contributed by atoms with Crippen LogP contribution >= 0.6 is 0 Å². The van der Waals surface area contributed by atoms with Gasteiger partial charge >= 0.3 is 0 Å². The third-order valence-corrected chi connectivity index (χ3v) is 4.48. The van der Waals surface area contributed by atoms with E-state index in [0.717, 1.165) is 39.0 Å². The van der Waals surface area contributed by atoms with Crippen LogP contribution in [0.25, 0.3) is 0 Å². The van der Waals surface area contributed by atoms with Gasteiger partial charge in [0.1, 0.15) is 0 Å². The van der Waals surface area contributed by atoms with Crippen LogP contribution in [0.1, 0.15) is 38.5 Å². The Morgan fingerprint density at radius 1 is 1.11 bits per heavy atom. The van der Waals surface area contributed by atoms with Crippen LogP contribution in [0.3, 0.4) is 0 Å². The van der Waals surface area contributed by atoms with Crippen molar-refractivity contribution in [2.45, 2.75) is 44.6 Å². The van der Waals surface area contributed by atoms with Gasteiger partial charge in [-0.25, -0.2) is 0 Å². The minimum absolute atomic E-state index is 0.219. The van der Waals surface area contributed by atoms with Crippen LogP contribution in [-0.2, 0) is 4.79 Å². The minimum Gasteiger partial charge on any atom is -0.338 e. The molecule has 2 rings (SSSR count). The zero-order chi connectivity index (χ0) is 13.7. The molecule has 1 saturated carbocycles. The molecule has 0 spiro atoms. The Balaban J connectivity index is 1.95. The lowest BCUT2D eigenvalue weighted by molar-refractivity contribution is -0.138. The van der Waals surface area contributed by atoms with E-state index in [2.05, 4.69) is 29.2 Å². The van der Waals surface area contributed by atoms with Gasteiger partial charge in [0.15, 0.2) is 0 Å². The molecule has 0 bridgehead atoms. The van der Waals surface area contributed by atoms with Gasteiger partial charge in [-0.05, 0) is 46.3 Å². The minimum atomic E-state index is 0.219. The fraction of sp³-hybridized carbons (Fsp3) is 0.933. The molecule has 1 amide bonds. The van der Waals surface area contributed by atoms with Crippen molar-refractivity contribution < 1.29 is 4.79 Å². The van der Waals surface area contributed by atoms with E-state index in [1.807, 2.05) is 0 Å². The lowest BCUT2D eigenvalue weighted by atomic mass is 9.97. The molecule has 4 heteroatoms. The molecular formula is C15H29N3O. The van der Waals surface area contributed by atoms with Crippen molar-refractivity contribution in [3.63, 3.8) is 0 Å². The fourth-order valence-corrected chi connectivity index (χ4v) is 3.29. The molecule has 1 aliphatic carbocycles. The molecular weight excluding hydrogens is 238 g/mol. The van der Waals surface area contributed by atoms with Gasteiger partial charge in [-0.3, -0.25) is 4.79 Å². The lowest BCUT2D eigenvalue weighted by Crippen LogP contribution is -2.48. The maximum atomic E-state index is 12.8. The number of likely N-dealkylation sites (N-methyl/N-ethyl adjacent to an activating group) is 1. The molecule has 1 N–H and O–H groups in total. The van der Waals surface area contributed by atoms with Crippen LogP contribution in [0.4, 0.5) is 0 Å². The molecule has 1 heterocycles. The number of nitrogens with zero attached hydrogens (tertiary/aromatic N) is 2. The van der Waals surface area contributed by atoms with E-state index in [-0.39, 0.29) is 5.92 Å². The van der Waals surface area contributed by atoms with Crippen LogP contribution in [0.2, 0.25) is 0 Å². The average molecular weight is 267 g/mol. The molecule has 1 saturated heterocycles. The Morgan fingerprint density at radius 2 is 1.84 bits per heavy atom. The van der Waals surface area contributed by atoms with Crippen molar-refractivity contribution in [3.05, 3.63) is 0 Å². The molecule has 1 atom stereocenters. The average Bonchev–Trinajstić information content (AvgIpc) is 2.93. The molecule has 0 radical (unpaired) electrons. The molecule has 4 nitrogen and oxygen atoms in total. The highest BCUT2D eigenvalue weighted by Gasteiger charge is 2.31. The Hall–Kier alpha value is -0.610. The standard InChI is InChI=1S/C15H29N3O/c1-17(2)10-11-18(14-7-3-4-8-14)15(19)13-6-5-9-16-12-13/h13-14,16H,3-12H2,1-2H3/t13-/m0/s1. The van der Waals surface area contributed by atoms with Gasteiger partial charge in [0.05, 0.1) is 5.92 Å². The zero-order valence-corrected chi connectivity index (χ0v) is 12.5. The number of carbonyl (C=O) groups excluding carboxylic acids is 1. The van der Waals surface area contributed by atoms with E-state index in [9.17, 15) is 4.79 Å². The molecule has 0 aromatic rings. The number of piperidine rings is 1. The third-order valence-electron chi connectivity index (χ3n) is 4.48. The summed E-state index contributed by atoms with van der Waals surface area (Å²) in [6, 6.07) is 0.509. The van der Waals surface area contributed by atoms with Crippen LogP contribution in [0, 0.1) is 5.92 Å². The summed E-state index contributed by atoms with van der Waals surface area (Å²) in [7, 11) is 4.17. The van der Waals surface area contributed by atoms with Crippen molar-refractivity contribution in [2.24, 2.45) is 5.92 Å². The number of hydrogen-bond donors (Lipinski definition) is 1. The van der Waals surface area contributed by atoms with Gasteiger partial charge in [-0.15, -0.1) is 0 Å². The molecule has 0 aromatic heterocycles. The lowest BCUT2D eigenvalue weighted by Gasteiger charge is -2.34. The maximum absolute atomic E-state index is 12.8. The molecule has 0 aromatic carbocycles. The largest absolute Gasteiger partial charge is 0.338 e. The maximum Gasteiger partial charge on any atom is 0.227 e. The topological polar surface area (TPSA) is 35.6 Å². The molecule has 0 unspecified atom stereocenters. The summed E-state index contributed by atoms with van der Waals surface area (Å²) in [4.78, 5) is 17.1. The van der Waals surface area contributed by atoms with Crippen molar-refractivity contribution in [2.75, 3.05) is 40.3 Å². The molecule has 110 valence electrons. The van der Waals surface area contributed by atoms with Gasteiger partial charge in [0.25, 0.3) is 0 Å². The highest BCUT2D eigenvalue weighted by atomic mass is 16.2. The summed E-state index contributed by atoms with van der Waals surface area (Å²) in [5, 5.41) is 3.37. The highest BCUT2D eigenvalue weighted by Crippen LogP contribution is 2.26. The summed E-state index contributed by atoms with van der Waals surface area (Å²) in [5.74, 6) is 0.623. The second-order valence-electron chi connectivity index (χ2n) is 6.32. The highest BCUT2D eigenvalue weighted by molar-refractivity contribution is 5.79. The Bertz CT molecular complexity index is 281. The zero-order valence-electron chi connectivity index (χ0n) is 12.5. The summed E-state index contributed by atoms with van der Waals surface area (Å²) >= 11 is 0. The number of carbonyl (C=O) groups is 1. The van der Waals surface area contributed by atoms with Crippen molar-refractivity contribution >= 4 is 5.91 Å². The van der Waals surface area contributed by atoms with Gasteiger partial charge < -0.3 is 15.1 Å². The van der Waals surface area contributed by atoms with E-state index in [1.54, 1.807) is 0 Å². The van der Waals surface area contributed by atoms with Gasteiger partial charge in [0.2, 0.25) is 5.91 Å². The van der Waals surface area contributed by atoms with Gasteiger partial charge in [0, 0.05) is 25.7 Å². The first kappa shape index (κ1) is 14.8. The molecule has 19 heavy (non-hydrogen) atoms. The summed E-state index contributed by atoms with van der Waals surface area (Å²) in [6.07, 6.45) is 7.21. The van der Waals surface area contributed by atoms with E-state index in [4.69, 9.17) is 0 Å². The first-order valence-electron chi connectivity index (χ1n) is 7.84. The Morgan fingerprint density at radius 3 is 2.42 bits per heavy atom. The first-order valence-corrected chi connectivity index (χ1v) is 7.84. The second-order valence-corrected chi connectivity index (χ2v) is 6.32. The van der Waals surface area contributed by atoms with Crippen molar-refractivity contribution in [1.82, 2.24) is 15.1 Å². The van der Waals surface area contributed by atoms with Crippen molar-refractivity contribution in [1.29, 1.82) is 0 Å². The first-order chi connectivity index (χ1) is 9.18. The third kappa shape index (κ3) is 4.18. The number of nitrogens with one attached hydrogen (secondary N) is 1. The number of amides is 1. The summed E-state index contributed by atoms with van der Waals surface area (Å²) < 4.78 is 0. The van der Waals surface area contributed by atoms with Crippen LogP contribution in [0.15, 0.2) is 0 Å². The molecule has 2 fully saturated rings. The summed E-state index contributed by atoms with van der Waals surface area (Å²) in [5.41, 5.74) is 0. The van der Waals surface area contributed by atoms with Crippen LogP contribution in [-0.4, -0.2) is 62.0 Å². The smallest absolute Gasteiger partial charge is 0.227 e. The Labute approximate surface area is 117 Å². The summed E-state index contributed by atoms with van der Waals surface area (Å²) in [6.45, 7) is 3.82. The molecule has 2 aliphatic rings.